The first-order valence-electron chi connectivity index (χ1n) is 9.27. The van der Waals surface area contributed by atoms with E-state index in [2.05, 4.69) is 5.32 Å². The van der Waals surface area contributed by atoms with Crippen LogP contribution in [0.25, 0.3) is 0 Å². The predicted octanol–water partition coefficient (Wildman–Crippen LogP) is 3.14. The molecule has 0 aliphatic carbocycles. The Morgan fingerprint density at radius 3 is 2.19 bits per heavy atom. The maximum atomic E-state index is 12.8. The maximum Gasteiger partial charge on any atom is 0.335 e. The zero-order chi connectivity index (χ0) is 22.1. The maximum absolute atomic E-state index is 12.8. The smallest absolute Gasteiger partial charge is 0.335 e. The standard InChI is InChI=1S/C23H16N2O6/c26-19-11-15(23(30)31)7-9-18(19)24-20(27)14-6-8-16-17(10-14)22(29)25(21(16)28)12-13-4-2-1-3-5-13/h1-11,26H,12H2,(H,24,27)(H,30,31). The summed E-state index contributed by atoms with van der Waals surface area (Å²) in [7, 11) is 0. The number of phenols is 1. The Labute approximate surface area is 176 Å². The van der Waals surface area contributed by atoms with Gasteiger partial charge in [0.05, 0.1) is 28.9 Å². The molecule has 31 heavy (non-hydrogen) atoms. The van der Waals surface area contributed by atoms with Crippen molar-refractivity contribution in [1.82, 2.24) is 4.90 Å². The summed E-state index contributed by atoms with van der Waals surface area (Å²) in [5.74, 6) is -3.17. The van der Waals surface area contributed by atoms with Crippen LogP contribution in [0, 0.1) is 0 Å². The number of carbonyl (C=O) groups excluding carboxylic acids is 3. The van der Waals surface area contributed by atoms with Crippen molar-refractivity contribution >= 4 is 29.4 Å². The largest absolute Gasteiger partial charge is 0.506 e. The molecule has 0 saturated heterocycles. The topological polar surface area (TPSA) is 124 Å². The van der Waals surface area contributed by atoms with Crippen LogP contribution in [0.3, 0.4) is 0 Å². The van der Waals surface area contributed by atoms with Crippen molar-refractivity contribution in [3.8, 4) is 5.75 Å². The number of hydrogen-bond donors (Lipinski definition) is 3. The van der Waals surface area contributed by atoms with Gasteiger partial charge in [-0.15, -0.1) is 0 Å². The van der Waals surface area contributed by atoms with Crippen LogP contribution in [0.2, 0.25) is 0 Å². The van der Waals surface area contributed by atoms with E-state index in [0.717, 1.165) is 16.5 Å². The van der Waals surface area contributed by atoms with Gasteiger partial charge in [-0.25, -0.2) is 4.79 Å². The molecule has 4 rings (SSSR count). The Balaban J connectivity index is 1.56. The normalized spacial score (nSPS) is 12.6. The molecule has 0 atom stereocenters. The average Bonchev–Trinajstić information content (AvgIpc) is 3.00. The second-order valence-electron chi connectivity index (χ2n) is 6.93. The fourth-order valence-corrected chi connectivity index (χ4v) is 3.31. The summed E-state index contributed by atoms with van der Waals surface area (Å²) >= 11 is 0. The third kappa shape index (κ3) is 3.74. The van der Waals surface area contributed by atoms with Gasteiger partial charge in [-0.05, 0) is 42.0 Å². The van der Waals surface area contributed by atoms with Gasteiger partial charge in [0.2, 0.25) is 0 Å². The second kappa shape index (κ2) is 7.75. The highest BCUT2D eigenvalue weighted by molar-refractivity contribution is 6.22. The van der Waals surface area contributed by atoms with Crippen molar-refractivity contribution in [3.05, 3.63) is 94.5 Å². The first-order chi connectivity index (χ1) is 14.8. The summed E-state index contributed by atoms with van der Waals surface area (Å²) in [6, 6.07) is 16.8. The van der Waals surface area contributed by atoms with Gasteiger partial charge in [-0.3, -0.25) is 19.3 Å². The molecule has 3 N–H and O–H groups in total. The molecule has 3 amide bonds. The molecule has 154 valence electrons. The molecule has 1 aliphatic rings. The van der Waals surface area contributed by atoms with Crippen molar-refractivity contribution in [2.45, 2.75) is 6.54 Å². The van der Waals surface area contributed by atoms with Crippen LogP contribution in [0.1, 0.15) is 47.0 Å². The van der Waals surface area contributed by atoms with E-state index in [1.165, 1.54) is 30.3 Å². The number of hydrogen-bond acceptors (Lipinski definition) is 5. The number of carbonyl (C=O) groups is 4. The van der Waals surface area contributed by atoms with Crippen molar-refractivity contribution in [1.29, 1.82) is 0 Å². The number of phenolic OH excluding ortho intramolecular Hbond substituents is 1. The van der Waals surface area contributed by atoms with Crippen LogP contribution in [0.15, 0.2) is 66.7 Å². The summed E-state index contributed by atoms with van der Waals surface area (Å²) in [5, 5.41) is 21.4. The molecule has 3 aromatic rings. The summed E-state index contributed by atoms with van der Waals surface area (Å²) in [6.07, 6.45) is 0. The van der Waals surface area contributed by atoms with E-state index in [9.17, 15) is 24.3 Å². The van der Waals surface area contributed by atoms with Crippen molar-refractivity contribution in [2.24, 2.45) is 0 Å². The number of nitrogens with zero attached hydrogens (tertiary/aromatic N) is 1. The lowest BCUT2D eigenvalue weighted by atomic mass is 10.1. The number of aromatic hydroxyl groups is 1. The highest BCUT2D eigenvalue weighted by Crippen LogP contribution is 2.28. The number of carboxylic acid groups (broad SMARTS) is 1. The zero-order valence-corrected chi connectivity index (χ0v) is 16.0. The molecule has 8 heteroatoms. The Hall–Kier alpha value is -4.46. The molecule has 1 heterocycles. The molecular weight excluding hydrogens is 400 g/mol. The Bertz CT molecular complexity index is 1240. The fourth-order valence-electron chi connectivity index (χ4n) is 3.31. The molecule has 0 fully saturated rings. The molecule has 0 saturated carbocycles. The number of rotatable bonds is 5. The van der Waals surface area contributed by atoms with E-state index >= 15 is 0 Å². The van der Waals surface area contributed by atoms with Crippen molar-refractivity contribution in [2.75, 3.05) is 5.32 Å². The van der Waals surface area contributed by atoms with E-state index in [4.69, 9.17) is 5.11 Å². The lowest BCUT2D eigenvalue weighted by molar-refractivity contribution is 0.0639. The molecule has 8 nitrogen and oxygen atoms in total. The number of fused-ring (bicyclic) bond motifs is 1. The van der Waals surface area contributed by atoms with Gasteiger partial charge in [0.15, 0.2) is 0 Å². The molecule has 0 bridgehead atoms. The van der Waals surface area contributed by atoms with Crippen LogP contribution in [0.5, 0.6) is 5.75 Å². The Morgan fingerprint density at radius 1 is 0.839 bits per heavy atom. The van der Waals surface area contributed by atoms with E-state index in [0.29, 0.717) is 0 Å². The predicted molar refractivity (Wildman–Crippen MR) is 110 cm³/mol. The highest BCUT2D eigenvalue weighted by atomic mass is 16.4. The molecule has 0 radical (unpaired) electrons. The van der Waals surface area contributed by atoms with E-state index in [1.807, 2.05) is 30.3 Å². The van der Waals surface area contributed by atoms with Crippen LogP contribution >= 0.6 is 0 Å². The molecule has 1 aliphatic heterocycles. The zero-order valence-electron chi connectivity index (χ0n) is 16.0. The van der Waals surface area contributed by atoms with E-state index < -0.39 is 29.4 Å². The van der Waals surface area contributed by atoms with Gasteiger partial charge in [0, 0.05) is 5.56 Å². The van der Waals surface area contributed by atoms with Crippen molar-refractivity contribution in [3.63, 3.8) is 0 Å². The van der Waals surface area contributed by atoms with Crippen LogP contribution < -0.4 is 5.32 Å². The lowest BCUT2D eigenvalue weighted by Crippen LogP contribution is -2.29. The summed E-state index contributed by atoms with van der Waals surface area (Å²) in [4.78, 5) is 50.1. The number of anilines is 1. The minimum atomic E-state index is -1.21. The van der Waals surface area contributed by atoms with Gasteiger partial charge in [0.1, 0.15) is 5.75 Å². The van der Waals surface area contributed by atoms with Crippen LogP contribution in [0.4, 0.5) is 5.69 Å². The first-order valence-corrected chi connectivity index (χ1v) is 9.27. The molecule has 3 aromatic carbocycles. The summed E-state index contributed by atoms with van der Waals surface area (Å²) in [6.45, 7) is 0.124. The second-order valence-corrected chi connectivity index (χ2v) is 6.93. The van der Waals surface area contributed by atoms with Gasteiger partial charge in [-0.1, -0.05) is 30.3 Å². The minimum Gasteiger partial charge on any atom is -0.506 e. The third-order valence-electron chi connectivity index (χ3n) is 4.91. The first kappa shape index (κ1) is 19.8. The molecule has 0 aromatic heterocycles. The molecule has 0 spiro atoms. The SMILES string of the molecule is O=C(O)c1ccc(NC(=O)c2ccc3c(c2)C(=O)N(Cc2ccccc2)C3=O)c(O)c1. The minimum absolute atomic E-state index is 0.0172. The number of aromatic carboxylic acids is 1. The van der Waals surface area contributed by atoms with Crippen LogP contribution in [-0.2, 0) is 6.54 Å². The molecule has 0 unspecified atom stereocenters. The number of imide groups is 1. The van der Waals surface area contributed by atoms with E-state index in [-0.39, 0.29) is 34.5 Å². The highest BCUT2D eigenvalue weighted by Gasteiger charge is 2.36. The van der Waals surface area contributed by atoms with Gasteiger partial charge < -0.3 is 15.5 Å². The lowest BCUT2D eigenvalue weighted by Gasteiger charge is -2.13. The average molecular weight is 416 g/mol. The quantitative estimate of drug-likeness (QED) is 0.434. The fraction of sp³-hybridized carbons (Fsp3) is 0.0435. The van der Waals surface area contributed by atoms with Gasteiger partial charge >= 0.3 is 5.97 Å². The van der Waals surface area contributed by atoms with Crippen LogP contribution in [-0.4, -0.2) is 38.8 Å². The number of nitrogens with one attached hydrogen (secondary N) is 1. The van der Waals surface area contributed by atoms with Crippen molar-refractivity contribution < 1.29 is 29.4 Å². The molecular formula is C23H16N2O6. The number of amides is 3. The van der Waals surface area contributed by atoms with Gasteiger partial charge in [0.25, 0.3) is 17.7 Å². The summed E-state index contributed by atoms with van der Waals surface area (Å²) < 4.78 is 0. The monoisotopic (exact) mass is 416 g/mol. The number of benzene rings is 3. The summed E-state index contributed by atoms with van der Waals surface area (Å²) in [5.41, 5.74) is 1.14. The third-order valence-corrected chi connectivity index (χ3v) is 4.91. The Kier molecular flexibility index (Phi) is 4.96. The van der Waals surface area contributed by atoms with Gasteiger partial charge in [-0.2, -0.15) is 0 Å². The van der Waals surface area contributed by atoms with E-state index in [1.54, 1.807) is 0 Å². The Morgan fingerprint density at radius 2 is 1.52 bits per heavy atom. The number of carboxylic acids is 1.